The second kappa shape index (κ2) is 7.72. The quantitative estimate of drug-likeness (QED) is 0.592. The number of halogens is 1. The predicted octanol–water partition coefficient (Wildman–Crippen LogP) is 4.20. The van der Waals surface area contributed by atoms with Gasteiger partial charge in [0.05, 0.1) is 16.8 Å². The second-order valence-electron chi connectivity index (χ2n) is 3.69. The molecule has 0 bridgehead atoms. The molecule has 0 fully saturated rings. The molecule has 0 spiro atoms. The molecule has 19 heavy (non-hydrogen) atoms. The van der Waals surface area contributed by atoms with Gasteiger partial charge in [0.25, 0.3) is 4.84 Å². The Morgan fingerprint density at radius 3 is 3.00 bits per heavy atom. The van der Waals surface area contributed by atoms with E-state index in [4.69, 9.17) is 21.4 Å². The van der Waals surface area contributed by atoms with E-state index in [2.05, 4.69) is 26.1 Å². The summed E-state index contributed by atoms with van der Waals surface area (Å²) in [6, 6.07) is 7.84. The summed E-state index contributed by atoms with van der Waals surface area (Å²) in [5.41, 5.74) is 0. The maximum atomic E-state index is 5.67. The number of thioether (sulfide) groups is 1. The maximum Gasteiger partial charge on any atom is 0.284 e. The third kappa shape index (κ3) is 5.00. The van der Waals surface area contributed by atoms with Crippen LogP contribution in [-0.4, -0.2) is 22.6 Å². The van der Waals surface area contributed by atoms with Gasteiger partial charge in [-0.2, -0.15) is 11.8 Å². The smallest absolute Gasteiger partial charge is 0.284 e. The van der Waals surface area contributed by atoms with Crippen LogP contribution in [0.3, 0.4) is 0 Å². The van der Waals surface area contributed by atoms with Crippen molar-refractivity contribution in [3.8, 4) is 5.75 Å². The molecule has 0 aliphatic rings. The monoisotopic (exact) mass is 360 g/mol. The molecule has 0 aliphatic heterocycles. The number of nitrogens with one attached hydrogen (secondary N) is 1. The van der Waals surface area contributed by atoms with Crippen LogP contribution >= 0.6 is 39.9 Å². The van der Waals surface area contributed by atoms with Crippen molar-refractivity contribution in [3.63, 3.8) is 0 Å². The first-order valence-corrected chi connectivity index (χ1v) is 8.11. The Labute approximate surface area is 129 Å². The van der Waals surface area contributed by atoms with Crippen LogP contribution in [0.5, 0.6) is 5.75 Å². The van der Waals surface area contributed by atoms with E-state index in [-0.39, 0.29) is 0 Å². The van der Waals surface area contributed by atoms with Crippen molar-refractivity contribution in [1.29, 1.82) is 0 Å². The van der Waals surface area contributed by atoms with E-state index in [0.29, 0.717) is 17.3 Å². The zero-order chi connectivity index (χ0) is 13.5. The summed E-state index contributed by atoms with van der Waals surface area (Å²) in [6.07, 6.45) is 0.969. The molecular weight excluding hydrogens is 348 g/mol. The number of rotatable bonds is 7. The standard InChI is InChI=1S/C12H13BrN2O2S2/c13-9-4-1-2-5-10(9)16-6-3-7-19-8-11-14-15-12(18)17-11/h1-2,4-5H,3,6-8H2,(H,15,18). The molecular formula is C12H13BrN2O2S2. The molecule has 0 saturated carbocycles. The average Bonchev–Trinajstić information content (AvgIpc) is 2.81. The summed E-state index contributed by atoms with van der Waals surface area (Å²) in [5.74, 6) is 3.23. The van der Waals surface area contributed by atoms with Gasteiger partial charge in [-0.05, 0) is 52.5 Å². The van der Waals surface area contributed by atoms with Crippen LogP contribution in [0.25, 0.3) is 0 Å². The lowest BCUT2D eigenvalue weighted by atomic mass is 10.3. The molecule has 4 nitrogen and oxygen atoms in total. The van der Waals surface area contributed by atoms with Crippen molar-refractivity contribution < 1.29 is 9.15 Å². The summed E-state index contributed by atoms with van der Waals surface area (Å²) in [6.45, 7) is 0.694. The fraction of sp³-hybridized carbons (Fsp3) is 0.333. The molecule has 2 aromatic rings. The highest BCUT2D eigenvalue weighted by atomic mass is 79.9. The molecule has 1 aromatic carbocycles. The number of nitrogens with zero attached hydrogens (tertiary/aromatic N) is 1. The normalized spacial score (nSPS) is 10.6. The van der Waals surface area contributed by atoms with Crippen molar-refractivity contribution >= 4 is 39.9 Å². The highest BCUT2D eigenvalue weighted by molar-refractivity contribution is 9.10. The van der Waals surface area contributed by atoms with Crippen LogP contribution in [0.1, 0.15) is 12.3 Å². The van der Waals surface area contributed by atoms with E-state index < -0.39 is 0 Å². The lowest BCUT2D eigenvalue weighted by Gasteiger charge is -2.07. The van der Waals surface area contributed by atoms with Crippen molar-refractivity contribution in [2.45, 2.75) is 12.2 Å². The van der Waals surface area contributed by atoms with E-state index in [9.17, 15) is 0 Å². The minimum absolute atomic E-state index is 0.327. The highest BCUT2D eigenvalue weighted by Gasteiger charge is 2.01. The number of para-hydroxylation sites is 1. The number of ether oxygens (including phenoxy) is 1. The van der Waals surface area contributed by atoms with Crippen LogP contribution in [-0.2, 0) is 5.75 Å². The Morgan fingerprint density at radius 2 is 2.26 bits per heavy atom. The van der Waals surface area contributed by atoms with E-state index in [1.54, 1.807) is 11.8 Å². The molecule has 1 N–H and O–H groups in total. The van der Waals surface area contributed by atoms with E-state index in [1.165, 1.54) is 0 Å². The van der Waals surface area contributed by atoms with Gasteiger partial charge in [-0.3, -0.25) is 0 Å². The van der Waals surface area contributed by atoms with Crippen molar-refractivity contribution in [3.05, 3.63) is 39.5 Å². The number of hydrogen-bond acceptors (Lipinski definition) is 5. The third-order valence-corrected chi connectivity index (χ3v) is 4.09. The molecule has 0 aliphatic carbocycles. The minimum Gasteiger partial charge on any atom is -0.492 e. The lowest BCUT2D eigenvalue weighted by molar-refractivity contribution is 0.317. The number of aromatic nitrogens is 2. The van der Waals surface area contributed by atoms with E-state index in [0.717, 1.165) is 28.1 Å². The largest absolute Gasteiger partial charge is 0.492 e. The molecule has 0 unspecified atom stereocenters. The Hall–Kier alpha value is -0.790. The van der Waals surface area contributed by atoms with Gasteiger partial charge in [-0.25, -0.2) is 5.10 Å². The number of benzene rings is 1. The van der Waals surface area contributed by atoms with Crippen LogP contribution < -0.4 is 4.74 Å². The molecule has 0 radical (unpaired) electrons. The molecule has 0 amide bonds. The van der Waals surface area contributed by atoms with Gasteiger partial charge in [0, 0.05) is 0 Å². The summed E-state index contributed by atoms with van der Waals surface area (Å²) >= 11 is 9.99. The Bertz CT molecular complexity index is 571. The predicted molar refractivity (Wildman–Crippen MR) is 82.1 cm³/mol. The molecule has 102 valence electrons. The first-order chi connectivity index (χ1) is 9.25. The Kier molecular flexibility index (Phi) is 5.93. The third-order valence-electron chi connectivity index (χ3n) is 2.24. The fourth-order valence-corrected chi connectivity index (χ4v) is 2.69. The average molecular weight is 361 g/mol. The Balaban J connectivity index is 1.60. The second-order valence-corrected chi connectivity index (χ2v) is 6.02. The number of H-pyrrole nitrogens is 1. The van der Waals surface area contributed by atoms with Gasteiger partial charge in [-0.1, -0.05) is 12.1 Å². The number of aromatic amines is 1. The zero-order valence-corrected chi connectivity index (χ0v) is 13.3. The van der Waals surface area contributed by atoms with Gasteiger partial charge in [0.2, 0.25) is 5.89 Å². The lowest BCUT2D eigenvalue weighted by Crippen LogP contribution is -1.99. The van der Waals surface area contributed by atoms with Crippen LogP contribution in [0.2, 0.25) is 0 Å². The molecule has 2 rings (SSSR count). The molecule has 1 aromatic heterocycles. The fourth-order valence-electron chi connectivity index (χ4n) is 1.39. The van der Waals surface area contributed by atoms with Gasteiger partial charge in [0.15, 0.2) is 0 Å². The molecule has 0 saturated heterocycles. The van der Waals surface area contributed by atoms with Crippen LogP contribution in [0, 0.1) is 4.84 Å². The van der Waals surface area contributed by atoms with Gasteiger partial charge in [0.1, 0.15) is 5.75 Å². The summed E-state index contributed by atoms with van der Waals surface area (Å²) < 4.78 is 11.8. The maximum absolute atomic E-state index is 5.67. The van der Waals surface area contributed by atoms with Crippen molar-refractivity contribution in [1.82, 2.24) is 10.2 Å². The minimum atomic E-state index is 0.327. The summed E-state index contributed by atoms with van der Waals surface area (Å²) in [4.78, 5) is 0.327. The molecule has 0 atom stereocenters. The van der Waals surface area contributed by atoms with Crippen molar-refractivity contribution in [2.24, 2.45) is 0 Å². The molecule has 1 heterocycles. The van der Waals surface area contributed by atoms with E-state index in [1.807, 2.05) is 24.3 Å². The summed E-state index contributed by atoms with van der Waals surface area (Å²) in [5, 5.41) is 6.54. The zero-order valence-electron chi connectivity index (χ0n) is 10.1. The first kappa shape index (κ1) is 14.6. The topological polar surface area (TPSA) is 51.0 Å². The molecule has 7 heteroatoms. The van der Waals surface area contributed by atoms with Gasteiger partial charge >= 0.3 is 0 Å². The summed E-state index contributed by atoms with van der Waals surface area (Å²) in [7, 11) is 0. The van der Waals surface area contributed by atoms with Gasteiger partial charge < -0.3 is 9.15 Å². The van der Waals surface area contributed by atoms with Crippen LogP contribution in [0.15, 0.2) is 33.2 Å². The van der Waals surface area contributed by atoms with E-state index >= 15 is 0 Å². The van der Waals surface area contributed by atoms with Crippen LogP contribution in [0.4, 0.5) is 0 Å². The SMILES string of the molecule is S=c1[nH]nc(CSCCCOc2ccccc2Br)o1. The van der Waals surface area contributed by atoms with Gasteiger partial charge in [-0.15, -0.1) is 5.10 Å². The Morgan fingerprint density at radius 1 is 1.42 bits per heavy atom. The van der Waals surface area contributed by atoms with Crippen molar-refractivity contribution in [2.75, 3.05) is 12.4 Å². The highest BCUT2D eigenvalue weighted by Crippen LogP contribution is 2.24. The first-order valence-electron chi connectivity index (χ1n) is 5.75. The number of hydrogen-bond donors (Lipinski definition) is 1.